The van der Waals surface area contributed by atoms with E-state index < -0.39 is 0 Å². The highest BCUT2D eigenvalue weighted by molar-refractivity contribution is 8.00. The summed E-state index contributed by atoms with van der Waals surface area (Å²) in [7, 11) is 0. The van der Waals surface area contributed by atoms with Gasteiger partial charge in [-0.25, -0.2) is 0 Å². The van der Waals surface area contributed by atoms with Gasteiger partial charge in [-0.15, -0.1) is 11.8 Å². The molecule has 28 heavy (non-hydrogen) atoms. The van der Waals surface area contributed by atoms with Crippen LogP contribution in [0.1, 0.15) is 45.6 Å². The molecule has 144 valence electrons. The first kappa shape index (κ1) is 18.1. The van der Waals surface area contributed by atoms with Crippen molar-refractivity contribution in [3.63, 3.8) is 0 Å². The molecule has 0 amide bonds. The van der Waals surface area contributed by atoms with Gasteiger partial charge in [0.2, 0.25) is 0 Å². The predicted octanol–water partition coefficient (Wildman–Crippen LogP) is 7.26. The van der Waals surface area contributed by atoms with Crippen molar-refractivity contribution in [2.75, 3.05) is 5.32 Å². The fraction of sp³-hybridized carbons (Fsp3) is 0.385. The number of hydrogen-bond acceptors (Lipinski definition) is 2. The van der Waals surface area contributed by atoms with Crippen LogP contribution >= 0.6 is 11.8 Å². The SMILES string of the molecule is CC1(C)c2ccc3ccccc3c2N[C@H]2C[C@@](C)(Sc3ccccc3)CC[C@@H]21. The molecule has 1 N–H and O–H groups in total. The van der Waals surface area contributed by atoms with Crippen LogP contribution in [0.3, 0.4) is 0 Å². The molecule has 1 fully saturated rings. The monoisotopic (exact) mass is 387 g/mol. The zero-order chi connectivity index (χ0) is 19.4. The Morgan fingerprint density at radius 3 is 2.46 bits per heavy atom. The lowest BCUT2D eigenvalue weighted by molar-refractivity contribution is 0.186. The molecular formula is C26H29NS. The van der Waals surface area contributed by atoms with E-state index in [0.717, 1.165) is 0 Å². The molecule has 0 radical (unpaired) electrons. The van der Waals surface area contributed by atoms with Gasteiger partial charge in [-0.1, -0.05) is 75.4 Å². The van der Waals surface area contributed by atoms with Crippen molar-refractivity contribution in [1.29, 1.82) is 0 Å². The number of nitrogens with one attached hydrogen (secondary N) is 1. The smallest absolute Gasteiger partial charge is 0.0460 e. The highest BCUT2D eigenvalue weighted by atomic mass is 32.2. The lowest BCUT2D eigenvalue weighted by Gasteiger charge is -2.52. The molecule has 1 aliphatic heterocycles. The minimum absolute atomic E-state index is 0.202. The molecule has 1 heterocycles. The molecule has 1 saturated carbocycles. The standard InChI is InChI=1S/C26H29NS/c1-25(2)21-15-16-26(3,28-19-10-5-4-6-11-19)17-23(21)27-24-20-12-8-7-9-18(20)13-14-22(24)25/h4-14,21,23,27H,15-17H2,1-3H3/t21-,23-,26-/m0/s1. The van der Waals surface area contributed by atoms with E-state index in [-0.39, 0.29) is 10.2 Å². The fourth-order valence-electron chi connectivity index (χ4n) is 5.60. The average molecular weight is 388 g/mol. The molecule has 0 unspecified atom stereocenters. The largest absolute Gasteiger partial charge is 0.381 e. The van der Waals surface area contributed by atoms with Crippen LogP contribution in [0.2, 0.25) is 0 Å². The van der Waals surface area contributed by atoms with Crippen molar-refractivity contribution >= 4 is 28.2 Å². The summed E-state index contributed by atoms with van der Waals surface area (Å²) in [5, 5.41) is 6.73. The minimum atomic E-state index is 0.202. The van der Waals surface area contributed by atoms with Crippen molar-refractivity contribution in [1.82, 2.24) is 0 Å². The first-order valence-corrected chi connectivity index (χ1v) is 11.3. The third-order valence-corrected chi connectivity index (χ3v) is 8.48. The molecule has 5 rings (SSSR count). The van der Waals surface area contributed by atoms with Crippen LogP contribution in [0, 0.1) is 5.92 Å². The molecule has 1 nitrogen and oxygen atoms in total. The number of fused-ring (bicyclic) bond motifs is 4. The Balaban J connectivity index is 1.51. The molecule has 0 aromatic heterocycles. The normalized spacial score (nSPS) is 28.2. The lowest BCUT2D eigenvalue weighted by Crippen LogP contribution is -2.52. The number of rotatable bonds is 2. The third kappa shape index (κ3) is 2.93. The lowest BCUT2D eigenvalue weighted by atomic mass is 9.61. The van der Waals surface area contributed by atoms with Crippen LogP contribution in [0.5, 0.6) is 0 Å². The van der Waals surface area contributed by atoms with Crippen molar-refractivity contribution < 1.29 is 0 Å². The van der Waals surface area contributed by atoms with E-state index in [1.165, 1.54) is 46.2 Å². The Labute approximate surface area is 172 Å². The Hall–Kier alpha value is -1.93. The predicted molar refractivity (Wildman–Crippen MR) is 122 cm³/mol. The first-order valence-electron chi connectivity index (χ1n) is 10.5. The molecule has 3 atom stereocenters. The van der Waals surface area contributed by atoms with Gasteiger partial charge < -0.3 is 5.32 Å². The Kier molecular flexibility index (Phi) is 4.24. The second kappa shape index (κ2) is 6.56. The van der Waals surface area contributed by atoms with Gasteiger partial charge in [0, 0.05) is 26.8 Å². The maximum absolute atomic E-state index is 4.03. The Bertz CT molecular complexity index is 1010. The van der Waals surface area contributed by atoms with Gasteiger partial charge >= 0.3 is 0 Å². The zero-order valence-corrected chi connectivity index (χ0v) is 17.9. The van der Waals surface area contributed by atoms with Crippen molar-refractivity contribution in [2.45, 2.75) is 61.1 Å². The number of benzene rings is 3. The number of hydrogen-bond donors (Lipinski definition) is 1. The van der Waals surface area contributed by atoms with Gasteiger partial charge in [0.15, 0.2) is 0 Å². The van der Waals surface area contributed by atoms with Gasteiger partial charge in [-0.2, -0.15) is 0 Å². The summed E-state index contributed by atoms with van der Waals surface area (Å²) >= 11 is 2.07. The highest BCUT2D eigenvalue weighted by Gasteiger charge is 2.48. The summed E-state index contributed by atoms with van der Waals surface area (Å²) in [5.41, 5.74) is 3.07. The van der Waals surface area contributed by atoms with E-state index in [2.05, 4.69) is 105 Å². The maximum atomic E-state index is 4.03. The second-order valence-corrected chi connectivity index (χ2v) is 11.1. The van der Waals surface area contributed by atoms with Crippen molar-refractivity contribution in [3.8, 4) is 0 Å². The maximum Gasteiger partial charge on any atom is 0.0460 e. The summed E-state index contributed by atoms with van der Waals surface area (Å²) in [6.45, 7) is 7.40. The molecular weight excluding hydrogens is 358 g/mol. The van der Waals surface area contributed by atoms with Gasteiger partial charge in [0.1, 0.15) is 0 Å². The summed E-state index contributed by atoms with van der Waals surface area (Å²) in [6, 6.07) is 24.9. The van der Waals surface area contributed by atoms with Crippen LogP contribution < -0.4 is 5.32 Å². The molecule has 0 bridgehead atoms. The zero-order valence-electron chi connectivity index (χ0n) is 17.0. The molecule has 2 heteroatoms. The summed E-state index contributed by atoms with van der Waals surface area (Å²) in [5.74, 6) is 0.686. The van der Waals surface area contributed by atoms with E-state index >= 15 is 0 Å². The van der Waals surface area contributed by atoms with Gasteiger partial charge in [0.05, 0.1) is 0 Å². The number of anilines is 1. The van der Waals surface area contributed by atoms with E-state index in [1.54, 1.807) is 0 Å². The highest BCUT2D eigenvalue weighted by Crippen LogP contribution is 2.54. The third-order valence-electron chi connectivity index (χ3n) is 7.11. The molecule has 3 aromatic carbocycles. The van der Waals surface area contributed by atoms with Crippen LogP contribution in [-0.4, -0.2) is 10.8 Å². The number of thioether (sulfide) groups is 1. The molecule has 0 saturated heterocycles. The van der Waals surface area contributed by atoms with Gasteiger partial charge in [-0.05, 0) is 53.7 Å². The van der Waals surface area contributed by atoms with Crippen molar-refractivity contribution in [2.24, 2.45) is 5.92 Å². The molecule has 1 aliphatic carbocycles. The van der Waals surface area contributed by atoms with E-state index in [0.29, 0.717) is 12.0 Å². The average Bonchev–Trinajstić information content (AvgIpc) is 2.68. The molecule has 3 aromatic rings. The quantitative estimate of drug-likeness (QED) is 0.496. The summed E-state index contributed by atoms with van der Waals surface area (Å²) in [4.78, 5) is 1.39. The minimum Gasteiger partial charge on any atom is -0.381 e. The second-order valence-electron chi connectivity index (χ2n) is 9.40. The molecule has 0 spiro atoms. The molecule has 2 aliphatic rings. The Morgan fingerprint density at radius 2 is 1.64 bits per heavy atom. The van der Waals surface area contributed by atoms with Crippen LogP contribution in [-0.2, 0) is 5.41 Å². The fourth-order valence-corrected chi connectivity index (χ4v) is 6.95. The summed E-state index contributed by atoms with van der Waals surface area (Å²) < 4.78 is 0.285. The van der Waals surface area contributed by atoms with Crippen molar-refractivity contribution in [3.05, 3.63) is 72.3 Å². The van der Waals surface area contributed by atoms with Gasteiger partial charge in [0.25, 0.3) is 0 Å². The van der Waals surface area contributed by atoms with Crippen LogP contribution in [0.15, 0.2) is 71.6 Å². The topological polar surface area (TPSA) is 12.0 Å². The Morgan fingerprint density at radius 1 is 0.893 bits per heavy atom. The van der Waals surface area contributed by atoms with Gasteiger partial charge in [-0.3, -0.25) is 0 Å². The first-order chi connectivity index (χ1) is 13.5. The van der Waals surface area contributed by atoms with E-state index in [9.17, 15) is 0 Å². The van der Waals surface area contributed by atoms with E-state index in [4.69, 9.17) is 0 Å². The summed E-state index contributed by atoms with van der Waals surface area (Å²) in [6.07, 6.45) is 3.78. The van der Waals surface area contributed by atoms with E-state index in [1.807, 2.05) is 0 Å². The van der Waals surface area contributed by atoms with Crippen LogP contribution in [0.4, 0.5) is 5.69 Å². The van der Waals surface area contributed by atoms with Crippen LogP contribution in [0.25, 0.3) is 10.8 Å².